The summed E-state index contributed by atoms with van der Waals surface area (Å²) in [6.45, 7) is 2.06. The van der Waals surface area contributed by atoms with Gasteiger partial charge in [-0.3, -0.25) is 4.40 Å². The minimum Gasteiger partial charge on any atom is -0.490 e. The second kappa shape index (κ2) is 7.65. The van der Waals surface area contributed by atoms with Gasteiger partial charge < -0.3 is 9.47 Å². The van der Waals surface area contributed by atoms with Crippen molar-refractivity contribution in [1.29, 1.82) is 0 Å². The Hall–Kier alpha value is -2.47. The van der Waals surface area contributed by atoms with Crippen molar-refractivity contribution in [2.75, 3.05) is 7.11 Å². The molecule has 0 aliphatic heterocycles. The van der Waals surface area contributed by atoms with Gasteiger partial charge >= 0.3 is 0 Å². The summed E-state index contributed by atoms with van der Waals surface area (Å²) >= 11 is 0. The number of pyridine rings is 1. The summed E-state index contributed by atoms with van der Waals surface area (Å²) in [7, 11) is 1.74. The largest absolute Gasteiger partial charge is 0.490 e. The van der Waals surface area contributed by atoms with E-state index < -0.39 is 0 Å². The van der Waals surface area contributed by atoms with Gasteiger partial charge in [-0.2, -0.15) is 0 Å². The van der Waals surface area contributed by atoms with Crippen LogP contribution in [0.1, 0.15) is 55.5 Å². The lowest BCUT2D eigenvalue weighted by atomic mass is 9.78. The minimum atomic E-state index is -0.364. The summed E-state index contributed by atoms with van der Waals surface area (Å²) in [5.74, 6) is 2.48. The topological polar surface area (TPSA) is 48.7 Å². The van der Waals surface area contributed by atoms with E-state index in [1.807, 2.05) is 24.4 Å². The maximum absolute atomic E-state index is 13.3. The second-order valence-electron chi connectivity index (χ2n) is 8.78. The SMILES string of the molecule is COC1(c2ccc(F)cc2)CCC(Oc2ccn3c(CC4CC4)nnc3c2C)CC1. The van der Waals surface area contributed by atoms with E-state index in [1.54, 1.807) is 7.11 Å². The molecule has 0 radical (unpaired) electrons. The average molecular weight is 410 g/mol. The Morgan fingerprint density at radius 3 is 2.47 bits per heavy atom. The normalized spacial score (nSPS) is 24.3. The van der Waals surface area contributed by atoms with Crippen molar-refractivity contribution in [3.05, 3.63) is 59.3 Å². The third-order valence-electron chi connectivity index (χ3n) is 6.81. The van der Waals surface area contributed by atoms with Gasteiger partial charge in [0.15, 0.2) is 5.65 Å². The van der Waals surface area contributed by atoms with Gasteiger partial charge in [0.25, 0.3) is 0 Å². The molecule has 6 heteroatoms. The van der Waals surface area contributed by atoms with Gasteiger partial charge in [0.2, 0.25) is 0 Å². The summed E-state index contributed by atoms with van der Waals surface area (Å²) in [6.07, 6.45) is 9.24. The Balaban J connectivity index is 1.29. The summed E-state index contributed by atoms with van der Waals surface area (Å²) in [4.78, 5) is 0. The van der Waals surface area contributed by atoms with Crippen molar-refractivity contribution in [3.63, 3.8) is 0 Å². The molecular weight excluding hydrogens is 381 g/mol. The van der Waals surface area contributed by atoms with Crippen molar-refractivity contribution in [2.45, 2.75) is 63.6 Å². The summed E-state index contributed by atoms with van der Waals surface area (Å²) in [5.41, 5.74) is 2.59. The molecule has 0 unspecified atom stereocenters. The first-order chi connectivity index (χ1) is 14.6. The van der Waals surface area contributed by atoms with Crippen molar-refractivity contribution in [3.8, 4) is 5.75 Å². The molecule has 2 fully saturated rings. The Labute approximate surface area is 176 Å². The number of aryl methyl sites for hydroxylation is 1. The molecule has 0 amide bonds. The Morgan fingerprint density at radius 2 is 1.80 bits per heavy atom. The fourth-order valence-electron chi connectivity index (χ4n) is 4.68. The minimum absolute atomic E-state index is 0.128. The highest BCUT2D eigenvalue weighted by Gasteiger charge is 2.38. The molecule has 0 saturated heterocycles. The van der Waals surface area contributed by atoms with Gasteiger partial charge in [-0.1, -0.05) is 12.1 Å². The molecule has 0 N–H and O–H groups in total. The number of methoxy groups -OCH3 is 1. The van der Waals surface area contributed by atoms with Crippen LogP contribution in [0, 0.1) is 18.7 Å². The van der Waals surface area contributed by atoms with Crippen LogP contribution < -0.4 is 4.74 Å². The number of rotatable bonds is 6. The number of nitrogens with zero attached hydrogens (tertiary/aromatic N) is 3. The quantitative estimate of drug-likeness (QED) is 0.575. The first-order valence-electron chi connectivity index (χ1n) is 10.9. The Bertz CT molecular complexity index is 1030. The third kappa shape index (κ3) is 3.58. The monoisotopic (exact) mass is 409 g/mol. The molecule has 2 aliphatic carbocycles. The molecule has 1 aromatic carbocycles. The van der Waals surface area contributed by atoms with Crippen molar-refractivity contribution < 1.29 is 13.9 Å². The van der Waals surface area contributed by atoms with Gasteiger partial charge in [-0.25, -0.2) is 4.39 Å². The molecule has 3 aromatic rings. The van der Waals surface area contributed by atoms with E-state index in [0.29, 0.717) is 0 Å². The van der Waals surface area contributed by atoms with Crippen LogP contribution >= 0.6 is 0 Å². The van der Waals surface area contributed by atoms with Gasteiger partial charge in [-0.15, -0.1) is 10.2 Å². The maximum atomic E-state index is 13.3. The third-order valence-corrected chi connectivity index (χ3v) is 6.81. The molecule has 0 atom stereocenters. The Kier molecular flexibility index (Phi) is 4.97. The fourth-order valence-corrected chi connectivity index (χ4v) is 4.68. The predicted octanol–water partition coefficient (Wildman–Crippen LogP) is 4.99. The van der Waals surface area contributed by atoms with Crippen molar-refractivity contribution in [1.82, 2.24) is 14.6 Å². The first-order valence-corrected chi connectivity index (χ1v) is 10.9. The summed E-state index contributed by atoms with van der Waals surface area (Å²) < 4.78 is 27.8. The van der Waals surface area contributed by atoms with E-state index in [4.69, 9.17) is 9.47 Å². The highest BCUT2D eigenvalue weighted by atomic mass is 19.1. The van der Waals surface area contributed by atoms with Gasteiger partial charge in [0.05, 0.1) is 11.7 Å². The zero-order valence-corrected chi connectivity index (χ0v) is 17.6. The van der Waals surface area contributed by atoms with Crippen LogP contribution in [0.2, 0.25) is 0 Å². The van der Waals surface area contributed by atoms with Gasteiger partial charge in [-0.05, 0) is 75.1 Å². The molecule has 30 heavy (non-hydrogen) atoms. The summed E-state index contributed by atoms with van der Waals surface area (Å²) in [5, 5.41) is 8.83. The highest BCUT2D eigenvalue weighted by molar-refractivity contribution is 5.54. The molecular formula is C24H28FN3O2. The Morgan fingerprint density at radius 1 is 1.07 bits per heavy atom. The lowest BCUT2D eigenvalue weighted by molar-refractivity contribution is -0.0650. The fraction of sp³-hybridized carbons (Fsp3) is 0.500. The van der Waals surface area contributed by atoms with Crippen molar-refractivity contribution in [2.24, 2.45) is 5.92 Å². The van der Waals surface area contributed by atoms with Gasteiger partial charge in [0.1, 0.15) is 17.4 Å². The van der Waals surface area contributed by atoms with Crippen molar-refractivity contribution >= 4 is 5.65 Å². The van der Waals surface area contributed by atoms with E-state index >= 15 is 0 Å². The van der Waals surface area contributed by atoms with E-state index in [2.05, 4.69) is 21.5 Å². The zero-order chi connectivity index (χ0) is 20.7. The van der Waals surface area contributed by atoms with Crippen LogP contribution in [0.3, 0.4) is 0 Å². The van der Waals surface area contributed by atoms with Crippen LogP contribution in [0.15, 0.2) is 36.5 Å². The molecule has 2 aliphatic rings. The van der Waals surface area contributed by atoms with E-state index in [0.717, 1.165) is 66.4 Å². The maximum Gasteiger partial charge on any atom is 0.167 e. The first kappa shape index (κ1) is 19.5. The van der Waals surface area contributed by atoms with Gasteiger partial charge in [0, 0.05) is 25.3 Å². The lowest BCUT2D eigenvalue weighted by Gasteiger charge is -2.39. The smallest absolute Gasteiger partial charge is 0.167 e. The van der Waals surface area contributed by atoms with E-state index in [9.17, 15) is 4.39 Å². The average Bonchev–Trinajstić information content (AvgIpc) is 3.49. The van der Waals surface area contributed by atoms with Crippen LogP contribution in [-0.4, -0.2) is 27.8 Å². The molecule has 5 nitrogen and oxygen atoms in total. The zero-order valence-electron chi connectivity index (χ0n) is 17.6. The molecule has 2 heterocycles. The number of benzene rings is 1. The predicted molar refractivity (Wildman–Crippen MR) is 112 cm³/mol. The molecule has 2 aromatic heterocycles. The standard InChI is InChI=1S/C24H28FN3O2/c1-16-21(11-14-28-22(15-17-3-4-17)26-27-23(16)28)30-20-9-12-24(29-2,13-10-20)18-5-7-19(25)8-6-18/h5-8,11,14,17,20H,3-4,9-10,12-13,15H2,1-2H3. The number of ether oxygens (including phenoxy) is 2. The lowest BCUT2D eigenvalue weighted by Crippen LogP contribution is -2.37. The number of hydrogen-bond donors (Lipinski definition) is 0. The van der Waals surface area contributed by atoms with E-state index in [-0.39, 0.29) is 17.5 Å². The number of fused-ring (bicyclic) bond motifs is 1. The molecule has 0 bridgehead atoms. The van der Waals surface area contributed by atoms with Crippen LogP contribution in [0.25, 0.3) is 5.65 Å². The summed E-state index contributed by atoms with van der Waals surface area (Å²) in [6, 6.07) is 8.73. The number of hydrogen-bond acceptors (Lipinski definition) is 4. The van der Waals surface area contributed by atoms with E-state index in [1.165, 1.54) is 25.0 Å². The molecule has 0 spiro atoms. The molecule has 2 saturated carbocycles. The van der Waals surface area contributed by atoms with Crippen LogP contribution in [-0.2, 0) is 16.8 Å². The molecule has 158 valence electrons. The van der Waals surface area contributed by atoms with Crippen LogP contribution in [0.4, 0.5) is 4.39 Å². The highest BCUT2D eigenvalue weighted by Crippen LogP contribution is 2.41. The number of aromatic nitrogens is 3. The second-order valence-corrected chi connectivity index (χ2v) is 8.78. The molecule has 5 rings (SSSR count). The number of halogens is 1. The van der Waals surface area contributed by atoms with Crippen LogP contribution in [0.5, 0.6) is 5.75 Å².